The van der Waals surface area contributed by atoms with E-state index in [1.165, 1.54) is 23.0 Å². The van der Waals surface area contributed by atoms with Gasteiger partial charge in [0.2, 0.25) is 0 Å². The molecule has 1 aliphatic rings. The minimum Gasteiger partial charge on any atom is -0.452 e. The molecule has 0 unspecified atom stereocenters. The molecule has 23 heavy (non-hydrogen) atoms. The molecule has 2 aromatic rings. The summed E-state index contributed by atoms with van der Waals surface area (Å²) < 4.78 is 5.03. The van der Waals surface area contributed by atoms with Gasteiger partial charge in [0.25, 0.3) is 5.91 Å². The number of hydrogen-bond donors (Lipinski definition) is 0. The first-order valence-electron chi connectivity index (χ1n) is 7.45. The molecular weight excluding hydrogens is 310 g/mol. The molecule has 0 bridgehead atoms. The molecule has 1 aliphatic heterocycles. The van der Waals surface area contributed by atoms with Crippen molar-refractivity contribution in [2.45, 2.75) is 13.0 Å². The fourth-order valence-electron chi connectivity index (χ4n) is 2.52. The van der Waals surface area contributed by atoms with E-state index in [0.29, 0.717) is 13.1 Å². The van der Waals surface area contributed by atoms with Gasteiger partial charge in [-0.2, -0.15) is 0 Å². The highest BCUT2D eigenvalue weighted by Crippen LogP contribution is 2.18. The lowest BCUT2D eigenvalue weighted by atomic mass is 10.00. The summed E-state index contributed by atoms with van der Waals surface area (Å²) in [6.45, 7) is 1.03. The molecule has 118 valence electrons. The molecule has 1 aromatic carbocycles. The van der Waals surface area contributed by atoms with Gasteiger partial charge in [-0.15, -0.1) is 11.3 Å². The topological polar surface area (TPSA) is 46.6 Å². The van der Waals surface area contributed by atoms with Crippen molar-refractivity contribution in [3.63, 3.8) is 0 Å². The monoisotopic (exact) mass is 327 g/mol. The summed E-state index contributed by atoms with van der Waals surface area (Å²) in [4.78, 5) is 26.5. The van der Waals surface area contributed by atoms with Crippen molar-refractivity contribution in [2.75, 3.05) is 13.2 Å². The van der Waals surface area contributed by atoms with Gasteiger partial charge in [0.05, 0.1) is 0 Å². The van der Waals surface area contributed by atoms with Crippen LogP contribution in [0, 0.1) is 0 Å². The minimum absolute atomic E-state index is 0.155. The van der Waals surface area contributed by atoms with Crippen LogP contribution in [-0.4, -0.2) is 29.9 Å². The van der Waals surface area contributed by atoms with E-state index in [-0.39, 0.29) is 12.5 Å². The Labute approximate surface area is 139 Å². The quantitative estimate of drug-likeness (QED) is 0.641. The summed E-state index contributed by atoms with van der Waals surface area (Å²) in [5, 5.41) is 1.93. The van der Waals surface area contributed by atoms with Crippen molar-refractivity contribution >= 4 is 29.3 Å². The van der Waals surface area contributed by atoms with Crippen LogP contribution < -0.4 is 0 Å². The van der Waals surface area contributed by atoms with Gasteiger partial charge in [-0.1, -0.05) is 30.3 Å². The minimum atomic E-state index is -0.496. The molecule has 0 radical (unpaired) electrons. The van der Waals surface area contributed by atoms with E-state index in [1.807, 2.05) is 35.7 Å². The highest BCUT2D eigenvalue weighted by atomic mass is 32.1. The zero-order valence-electron chi connectivity index (χ0n) is 12.6. The highest BCUT2D eigenvalue weighted by molar-refractivity contribution is 7.10. The predicted octanol–water partition coefficient (Wildman–Crippen LogP) is 2.89. The number of hydrogen-bond acceptors (Lipinski definition) is 4. The number of fused-ring (bicyclic) bond motifs is 1. The number of carbonyl (C=O) groups excluding carboxylic acids is 2. The summed E-state index contributed by atoms with van der Waals surface area (Å²) in [6, 6.07) is 11.9. The maximum atomic E-state index is 12.2. The Kier molecular flexibility index (Phi) is 4.88. The number of rotatable bonds is 4. The molecule has 1 aromatic heterocycles. The standard InChI is InChI=1S/C18H17NO3S/c20-17(13-22-18(21)8-7-16-6-3-11-23-16)19-10-9-14-4-1-2-5-15(14)12-19/h1-8,11H,9-10,12-13H2/b8-7+. The third-order valence-electron chi connectivity index (χ3n) is 3.75. The number of nitrogens with zero attached hydrogens (tertiary/aromatic N) is 1. The average Bonchev–Trinajstić information content (AvgIpc) is 3.11. The van der Waals surface area contributed by atoms with Crippen LogP contribution in [0.3, 0.4) is 0 Å². The fraction of sp³-hybridized carbons (Fsp3) is 0.222. The Morgan fingerprint density at radius 3 is 2.78 bits per heavy atom. The Morgan fingerprint density at radius 2 is 2.00 bits per heavy atom. The molecule has 0 fully saturated rings. The SMILES string of the molecule is O=C(/C=C/c1cccs1)OCC(=O)N1CCc2ccccc2C1. The lowest BCUT2D eigenvalue weighted by molar-refractivity contribution is -0.148. The largest absolute Gasteiger partial charge is 0.452 e. The van der Waals surface area contributed by atoms with Crippen molar-refractivity contribution in [1.82, 2.24) is 4.90 Å². The summed E-state index contributed by atoms with van der Waals surface area (Å²) in [7, 11) is 0. The lowest BCUT2D eigenvalue weighted by Crippen LogP contribution is -2.38. The van der Waals surface area contributed by atoms with E-state index in [0.717, 1.165) is 16.9 Å². The first kappa shape index (κ1) is 15.5. The Balaban J connectivity index is 1.49. The molecule has 0 N–H and O–H groups in total. The molecule has 0 saturated carbocycles. The van der Waals surface area contributed by atoms with E-state index in [4.69, 9.17) is 4.74 Å². The number of carbonyl (C=O) groups is 2. The van der Waals surface area contributed by atoms with Crippen molar-refractivity contribution in [1.29, 1.82) is 0 Å². The number of benzene rings is 1. The Morgan fingerprint density at radius 1 is 1.17 bits per heavy atom. The van der Waals surface area contributed by atoms with Crippen LogP contribution in [-0.2, 0) is 27.3 Å². The second-order valence-corrected chi connectivity index (χ2v) is 6.27. The molecule has 3 rings (SSSR count). The summed E-state index contributed by atoms with van der Waals surface area (Å²) >= 11 is 1.54. The predicted molar refractivity (Wildman–Crippen MR) is 89.9 cm³/mol. The normalized spacial score (nSPS) is 13.8. The average molecular weight is 327 g/mol. The first-order valence-corrected chi connectivity index (χ1v) is 8.33. The summed E-state index contributed by atoms with van der Waals surface area (Å²) in [5.41, 5.74) is 2.45. The van der Waals surface area contributed by atoms with Gasteiger partial charge < -0.3 is 9.64 Å². The smallest absolute Gasteiger partial charge is 0.331 e. The molecule has 0 saturated heterocycles. The molecule has 5 heteroatoms. The van der Waals surface area contributed by atoms with Crippen molar-refractivity contribution in [2.24, 2.45) is 0 Å². The van der Waals surface area contributed by atoms with Crippen molar-refractivity contribution < 1.29 is 14.3 Å². The van der Waals surface area contributed by atoms with E-state index in [2.05, 4.69) is 6.07 Å². The van der Waals surface area contributed by atoms with Crippen molar-refractivity contribution in [3.05, 3.63) is 63.9 Å². The molecule has 2 heterocycles. The maximum Gasteiger partial charge on any atom is 0.331 e. The first-order chi connectivity index (χ1) is 11.2. The van der Waals surface area contributed by atoms with Gasteiger partial charge in [0, 0.05) is 24.0 Å². The van der Waals surface area contributed by atoms with Crippen LogP contribution in [0.4, 0.5) is 0 Å². The van der Waals surface area contributed by atoms with E-state index in [9.17, 15) is 9.59 Å². The maximum absolute atomic E-state index is 12.2. The fourth-order valence-corrected chi connectivity index (χ4v) is 3.14. The van der Waals surface area contributed by atoms with Crippen LogP contribution in [0.2, 0.25) is 0 Å². The zero-order chi connectivity index (χ0) is 16.1. The molecule has 1 amide bonds. The molecule has 0 spiro atoms. The van der Waals surface area contributed by atoms with Crippen molar-refractivity contribution in [3.8, 4) is 0 Å². The Hall–Kier alpha value is -2.40. The van der Waals surface area contributed by atoms with E-state index >= 15 is 0 Å². The zero-order valence-corrected chi connectivity index (χ0v) is 13.4. The van der Waals surface area contributed by atoms with Gasteiger partial charge in [-0.25, -0.2) is 4.79 Å². The molecule has 0 aliphatic carbocycles. The number of ether oxygens (including phenoxy) is 1. The third kappa shape index (κ3) is 4.07. The van der Waals surface area contributed by atoms with Crippen LogP contribution in [0.15, 0.2) is 47.9 Å². The summed E-state index contributed by atoms with van der Waals surface area (Å²) in [6.07, 6.45) is 3.88. The van der Waals surface area contributed by atoms with Gasteiger partial charge in [0.15, 0.2) is 6.61 Å². The van der Waals surface area contributed by atoms with Crippen LogP contribution in [0.25, 0.3) is 6.08 Å². The van der Waals surface area contributed by atoms with E-state index in [1.54, 1.807) is 11.0 Å². The number of amides is 1. The van der Waals surface area contributed by atoms with Gasteiger partial charge in [-0.3, -0.25) is 4.79 Å². The van der Waals surface area contributed by atoms with Crippen LogP contribution >= 0.6 is 11.3 Å². The number of thiophene rings is 1. The summed E-state index contributed by atoms with van der Waals surface area (Å²) in [5.74, 6) is -0.651. The molecule has 0 atom stereocenters. The third-order valence-corrected chi connectivity index (χ3v) is 4.59. The van der Waals surface area contributed by atoms with Gasteiger partial charge in [0.1, 0.15) is 0 Å². The second-order valence-electron chi connectivity index (χ2n) is 5.29. The Bertz CT molecular complexity index is 722. The van der Waals surface area contributed by atoms with Gasteiger partial charge >= 0.3 is 5.97 Å². The molecular formula is C18H17NO3S. The molecule has 4 nitrogen and oxygen atoms in total. The number of esters is 1. The van der Waals surface area contributed by atoms with Gasteiger partial charge in [-0.05, 0) is 35.1 Å². The second kappa shape index (κ2) is 7.24. The van der Waals surface area contributed by atoms with E-state index < -0.39 is 5.97 Å². The van der Waals surface area contributed by atoms with Crippen LogP contribution in [0.5, 0.6) is 0 Å². The lowest BCUT2D eigenvalue weighted by Gasteiger charge is -2.28. The van der Waals surface area contributed by atoms with Crippen LogP contribution in [0.1, 0.15) is 16.0 Å². The highest BCUT2D eigenvalue weighted by Gasteiger charge is 2.20.